The van der Waals surface area contributed by atoms with E-state index in [2.05, 4.69) is 10.3 Å². The van der Waals surface area contributed by atoms with Gasteiger partial charge in [-0.15, -0.1) is 0 Å². The highest BCUT2D eigenvalue weighted by molar-refractivity contribution is 5.99. The number of hydrogen-bond acceptors (Lipinski definition) is 4. The predicted molar refractivity (Wildman–Crippen MR) is 84.1 cm³/mol. The van der Waals surface area contributed by atoms with Crippen LogP contribution in [0, 0.1) is 5.92 Å². The third kappa shape index (κ3) is 5.53. The van der Waals surface area contributed by atoms with E-state index in [1.807, 2.05) is 18.2 Å². The average molecular weight is 306 g/mol. The molecule has 7 heteroatoms. The highest BCUT2D eigenvalue weighted by atomic mass is 16.4. The van der Waals surface area contributed by atoms with Gasteiger partial charge < -0.3 is 16.6 Å². The molecule has 0 aliphatic rings. The molecule has 6 N–H and O–H groups in total. The molecule has 0 bridgehead atoms. The zero-order valence-electron chi connectivity index (χ0n) is 12.7. The number of guanidine groups is 1. The fourth-order valence-corrected chi connectivity index (χ4v) is 1.74. The molecule has 2 atom stereocenters. The number of nitrogens with zero attached hydrogens (tertiary/aromatic N) is 1. The van der Waals surface area contributed by atoms with Gasteiger partial charge in [-0.05, 0) is 11.5 Å². The van der Waals surface area contributed by atoms with E-state index in [0.29, 0.717) is 0 Å². The number of rotatable bonds is 6. The van der Waals surface area contributed by atoms with E-state index in [-0.39, 0.29) is 18.3 Å². The second kappa shape index (κ2) is 8.14. The zero-order chi connectivity index (χ0) is 16.7. The fourth-order valence-electron chi connectivity index (χ4n) is 1.74. The minimum Gasteiger partial charge on any atom is -0.480 e. The first kappa shape index (κ1) is 17.6. The van der Waals surface area contributed by atoms with Crippen LogP contribution in [-0.2, 0) is 16.0 Å². The van der Waals surface area contributed by atoms with Crippen molar-refractivity contribution in [3.63, 3.8) is 0 Å². The van der Waals surface area contributed by atoms with Crippen molar-refractivity contribution in [1.29, 1.82) is 0 Å². The summed E-state index contributed by atoms with van der Waals surface area (Å²) < 4.78 is 0. The van der Waals surface area contributed by atoms with Crippen molar-refractivity contribution >= 4 is 17.8 Å². The molecule has 1 aromatic rings. The summed E-state index contributed by atoms with van der Waals surface area (Å²) in [6.07, 6.45) is 0.184. The summed E-state index contributed by atoms with van der Waals surface area (Å²) in [6, 6.07) is 7.26. The molecular formula is C15H22N4O3. The van der Waals surface area contributed by atoms with Crippen molar-refractivity contribution in [2.45, 2.75) is 32.4 Å². The third-order valence-corrected chi connectivity index (χ3v) is 3.12. The van der Waals surface area contributed by atoms with Gasteiger partial charge in [0.15, 0.2) is 12.0 Å². The molecule has 1 aromatic carbocycles. The van der Waals surface area contributed by atoms with Gasteiger partial charge in [0.05, 0.1) is 6.04 Å². The second-order valence-corrected chi connectivity index (χ2v) is 5.32. The molecule has 0 radical (unpaired) electrons. The molecule has 22 heavy (non-hydrogen) atoms. The standard InChI is InChI=1S/C15H22N4O3/c1-9(2)12(16)13(20)19-15(17)18-11(14(21)22)8-10-6-4-3-5-7-10/h3-7,9,11-12H,8,16H2,1-2H3,(H,21,22)(H3,17,18,19,20)/t11-,12-/m0/s1. The Labute approximate surface area is 129 Å². The smallest absolute Gasteiger partial charge is 0.328 e. The van der Waals surface area contributed by atoms with Crippen LogP contribution in [0.15, 0.2) is 35.3 Å². The van der Waals surface area contributed by atoms with Crippen LogP contribution in [0.1, 0.15) is 19.4 Å². The number of carboxylic acids is 1. The number of benzene rings is 1. The maximum atomic E-state index is 11.8. The molecule has 0 aliphatic carbocycles. The van der Waals surface area contributed by atoms with Gasteiger partial charge >= 0.3 is 5.97 Å². The normalized spacial score (nSPS) is 14.5. The Kier molecular flexibility index (Phi) is 6.52. The van der Waals surface area contributed by atoms with Gasteiger partial charge in [0.25, 0.3) is 0 Å². The van der Waals surface area contributed by atoms with Crippen LogP contribution in [0.25, 0.3) is 0 Å². The lowest BCUT2D eigenvalue weighted by molar-refractivity contribution is -0.138. The van der Waals surface area contributed by atoms with Crippen LogP contribution in [-0.4, -0.2) is 35.0 Å². The summed E-state index contributed by atoms with van der Waals surface area (Å²) in [7, 11) is 0. The van der Waals surface area contributed by atoms with Crippen molar-refractivity contribution in [2.24, 2.45) is 22.4 Å². The van der Waals surface area contributed by atoms with Gasteiger partial charge in [-0.25, -0.2) is 9.79 Å². The monoisotopic (exact) mass is 306 g/mol. The highest BCUT2D eigenvalue weighted by Gasteiger charge is 2.20. The summed E-state index contributed by atoms with van der Waals surface area (Å²) in [5.74, 6) is -1.91. The van der Waals surface area contributed by atoms with Crippen molar-refractivity contribution in [2.75, 3.05) is 0 Å². The Hall–Kier alpha value is -2.41. The van der Waals surface area contributed by atoms with E-state index >= 15 is 0 Å². The third-order valence-electron chi connectivity index (χ3n) is 3.12. The Morgan fingerprint density at radius 1 is 1.27 bits per heavy atom. The summed E-state index contributed by atoms with van der Waals surface area (Å²) in [6.45, 7) is 3.60. The number of nitrogens with one attached hydrogen (secondary N) is 1. The van der Waals surface area contributed by atoms with Gasteiger partial charge in [-0.1, -0.05) is 44.2 Å². The van der Waals surface area contributed by atoms with Crippen LogP contribution in [0.5, 0.6) is 0 Å². The minimum atomic E-state index is -1.12. The summed E-state index contributed by atoms with van der Waals surface area (Å²) >= 11 is 0. The van der Waals surface area contributed by atoms with Gasteiger partial charge in [-0.2, -0.15) is 0 Å². The molecule has 7 nitrogen and oxygen atoms in total. The van der Waals surface area contributed by atoms with Crippen LogP contribution >= 0.6 is 0 Å². The van der Waals surface area contributed by atoms with Gasteiger partial charge in [-0.3, -0.25) is 10.1 Å². The molecule has 0 heterocycles. The molecule has 0 aliphatic heterocycles. The van der Waals surface area contributed by atoms with Crippen LogP contribution in [0.4, 0.5) is 0 Å². The molecule has 0 saturated heterocycles. The highest BCUT2D eigenvalue weighted by Crippen LogP contribution is 2.06. The first-order valence-electron chi connectivity index (χ1n) is 6.97. The number of carboxylic acid groups (broad SMARTS) is 1. The maximum Gasteiger partial charge on any atom is 0.328 e. The van der Waals surface area contributed by atoms with Crippen LogP contribution in [0.2, 0.25) is 0 Å². The molecule has 0 spiro atoms. The molecule has 0 aromatic heterocycles. The number of amides is 1. The first-order chi connectivity index (χ1) is 10.3. The number of nitrogens with two attached hydrogens (primary N) is 2. The SMILES string of the molecule is CC(C)[C@H](N)C(=O)NC(N)=N[C@@H](Cc1ccccc1)C(=O)O. The maximum absolute atomic E-state index is 11.8. The Morgan fingerprint density at radius 2 is 1.86 bits per heavy atom. The molecule has 0 unspecified atom stereocenters. The number of carbonyl (C=O) groups is 2. The van der Waals surface area contributed by atoms with Gasteiger partial charge in [0.1, 0.15) is 0 Å². The number of carbonyl (C=O) groups excluding carboxylic acids is 1. The average Bonchev–Trinajstić information content (AvgIpc) is 2.46. The molecule has 0 fully saturated rings. The first-order valence-corrected chi connectivity index (χ1v) is 6.97. The van der Waals surface area contributed by atoms with Crippen molar-refractivity contribution in [3.05, 3.63) is 35.9 Å². The van der Waals surface area contributed by atoms with Crippen LogP contribution in [0.3, 0.4) is 0 Å². The minimum absolute atomic E-state index is 0.0626. The Morgan fingerprint density at radius 3 is 2.36 bits per heavy atom. The van der Waals surface area contributed by atoms with Crippen molar-refractivity contribution in [3.8, 4) is 0 Å². The lowest BCUT2D eigenvalue weighted by atomic mass is 10.1. The summed E-state index contributed by atoms with van der Waals surface area (Å²) in [4.78, 5) is 26.9. The van der Waals surface area contributed by atoms with Gasteiger partial charge in [0, 0.05) is 6.42 Å². The number of aliphatic imine (C=N–C) groups is 1. The van der Waals surface area contributed by atoms with E-state index in [9.17, 15) is 14.7 Å². The molecule has 0 saturated carbocycles. The number of hydrogen-bond donors (Lipinski definition) is 4. The van der Waals surface area contributed by atoms with Crippen LogP contribution < -0.4 is 16.8 Å². The van der Waals surface area contributed by atoms with E-state index in [4.69, 9.17) is 11.5 Å². The van der Waals surface area contributed by atoms with Crippen molar-refractivity contribution in [1.82, 2.24) is 5.32 Å². The molecule has 1 rings (SSSR count). The second-order valence-electron chi connectivity index (χ2n) is 5.32. The Bertz CT molecular complexity index is 543. The number of aliphatic carboxylic acids is 1. The lowest BCUT2D eigenvalue weighted by Crippen LogP contribution is -2.49. The van der Waals surface area contributed by atoms with E-state index in [0.717, 1.165) is 5.56 Å². The quantitative estimate of drug-likeness (QED) is 0.437. The fraction of sp³-hybridized carbons (Fsp3) is 0.400. The largest absolute Gasteiger partial charge is 0.480 e. The van der Waals surface area contributed by atoms with E-state index < -0.39 is 24.0 Å². The van der Waals surface area contributed by atoms with E-state index in [1.54, 1.807) is 26.0 Å². The zero-order valence-corrected chi connectivity index (χ0v) is 12.7. The topological polar surface area (TPSA) is 131 Å². The predicted octanol–water partition coefficient (Wildman–Crippen LogP) is 0.0965. The van der Waals surface area contributed by atoms with Crippen molar-refractivity contribution < 1.29 is 14.7 Å². The molecular weight excluding hydrogens is 284 g/mol. The lowest BCUT2D eigenvalue weighted by Gasteiger charge is -2.15. The summed E-state index contributed by atoms with van der Waals surface area (Å²) in [5, 5.41) is 11.5. The van der Waals surface area contributed by atoms with E-state index in [1.165, 1.54) is 0 Å². The summed E-state index contributed by atoms with van der Waals surface area (Å²) in [5.41, 5.74) is 12.1. The Balaban J connectivity index is 2.76. The molecule has 120 valence electrons. The van der Waals surface area contributed by atoms with Gasteiger partial charge in [0.2, 0.25) is 5.91 Å². The molecule has 1 amide bonds.